The van der Waals surface area contributed by atoms with Crippen molar-refractivity contribution in [3.8, 4) is 0 Å². The normalized spacial score (nSPS) is 14.1. The number of aliphatic hydroxyl groups excluding tert-OH is 2. The Morgan fingerprint density at radius 3 is 1.60 bits per heavy atom. The summed E-state index contributed by atoms with van der Waals surface area (Å²) in [5.74, 6) is -0.868. The van der Waals surface area contributed by atoms with Gasteiger partial charge in [0, 0.05) is 13.1 Å². The van der Waals surface area contributed by atoms with E-state index in [4.69, 9.17) is 10.2 Å². The molecule has 0 aromatic heterocycles. The van der Waals surface area contributed by atoms with Gasteiger partial charge in [0.25, 0.3) is 11.8 Å². The third kappa shape index (κ3) is 6.13. The average molecular weight is 414 g/mol. The van der Waals surface area contributed by atoms with Gasteiger partial charge in [0.15, 0.2) is 0 Å². The molecule has 1 saturated heterocycles. The molecule has 2 amide bonds. The van der Waals surface area contributed by atoms with Crippen molar-refractivity contribution in [2.45, 2.75) is 26.2 Å². The van der Waals surface area contributed by atoms with Gasteiger partial charge in [-0.15, -0.1) is 0 Å². The highest BCUT2D eigenvalue weighted by Gasteiger charge is 2.46. The molecule has 0 aliphatic carbocycles. The van der Waals surface area contributed by atoms with Gasteiger partial charge >= 0.3 is 0 Å². The van der Waals surface area contributed by atoms with Gasteiger partial charge in [0.2, 0.25) is 0 Å². The Morgan fingerprint density at radius 2 is 1.23 bits per heavy atom. The Labute approximate surface area is 177 Å². The van der Waals surface area contributed by atoms with Gasteiger partial charge in [0.1, 0.15) is 5.92 Å². The van der Waals surface area contributed by atoms with Gasteiger partial charge in [-0.1, -0.05) is 56.2 Å². The molecule has 0 atom stereocenters. The van der Waals surface area contributed by atoms with Crippen molar-refractivity contribution in [2.24, 2.45) is 5.92 Å². The predicted octanol–water partition coefficient (Wildman–Crippen LogP) is 2.35. The molecule has 2 aromatic rings. The molecule has 0 spiro atoms. The lowest BCUT2D eigenvalue weighted by Gasteiger charge is -2.27. The Morgan fingerprint density at radius 1 is 0.800 bits per heavy atom. The number of aliphatic hydroxyl groups is 2. The maximum Gasteiger partial charge on any atom is 0.258 e. The zero-order chi connectivity index (χ0) is 21.8. The summed E-state index contributed by atoms with van der Waals surface area (Å²) in [5.41, 5.74) is 1.43. The molecule has 162 valence electrons. The van der Waals surface area contributed by atoms with Crippen LogP contribution in [0.4, 0.5) is 11.4 Å². The minimum atomic E-state index is -0.588. The summed E-state index contributed by atoms with van der Waals surface area (Å²) < 4.78 is 0. The molecular formula is C23H31N3O4. The smallest absolute Gasteiger partial charge is 0.258 e. The number of hydrogen-bond donors (Lipinski definition) is 3. The number of nitrogens with zero attached hydrogens (tertiary/aromatic N) is 2. The first kappa shape index (κ1) is 23.5. The van der Waals surface area contributed by atoms with Crippen LogP contribution < -0.4 is 15.3 Å². The third-order valence-corrected chi connectivity index (χ3v) is 4.64. The van der Waals surface area contributed by atoms with Gasteiger partial charge in [-0.2, -0.15) is 0 Å². The van der Waals surface area contributed by atoms with E-state index in [0.717, 1.165) is 12.8 Å². The van der Waals surface area contributed by atoms with E-state index in [9.17, 15) is 9.59 Å². The van der Waals surface area contributed by atoms with Gasteiger partial charge < -0.3 is 15.5 Å². The number of amides is 2. The zero-order valence-corrected chi connectivity index (χ0v) is 17.4. The molecule has 7 nitrogen and oxygen atoms in total. The molecule has 1 aliphatic rings. The highest BCUT2D eigenvalue weighted by Crippen LogP contribution is 2.33. The number of para-hydroxylation sites is 2. The SMILES string of the molecule is CCCCC1C(=O)N(c2ccccc2)N(c2ccccc2)C1=O.OCCNCCO. The number of unbranched alkanes of at least 4 members (excludes halogenated alkanes) is 1. The molecule has 1 heterocycles. The van der Waals surface area contributed by atoms with E-state index in [1.807, 2.05) is 60.7 Å². The van der Waals surface area contributed by atoms with E-state index >= 15 is 0 Å². The maximum absolute atomic E-state index is 12.9. The number of benzene rings is 2. The number of carbonyl (C=O) groups is 2. The fourth-order valence-corrected chi connectivity index (χ4v) is 3.16. The Hall–Kier alpha value is -2.74. The van der Waals surface area contributed by atoms with E-state index in [2.05, 4.69) is 12.2 Å². The number of nitrogens with one attached hydrogen (secondary N) is 1. The quantitative estimate of drug-likeness (QED) is 0.433. The highest BCUT2D eigenvalue weighted by molar-refractivity contribution is 6.22. The fourth-order valence-electron chi connectivity index (χ4n) is 3.16. The third-order valence-electron chi connectivity index (χ3n) is 4.64. The van der Waals surface area contributed by atoms with Crippen LogP contribution in [0.15, 0.2) is 60.7 Å². The first-order chi connectivity index (χ1) is 14.7. The van der Waals surface area contributed by atoms with Gasteiger partial charge in [-0.05, 0) is 30.7 Å². The second kappa shape index (κ2) is 12.7. The lowest BCUT2D eigenvalue weighted by atomic mass is 10.0. The van der Waals surface area contributed by atoms with Crippen LogP contribution in [0.2, 0.25) is 0 Å². The molecule has 2 aromatic carbocycles. The Kier molecular flexibility index (Phi) is 10.00. The zero-order valence-electron chi connectivity index (χ0n) is 17.4. The first-order valence-electron chi connectivity index (χ1n) is 10.4. The van der Waals surface area contributed by atoms with Crippen LogP contribution in [0, 0.1) is 5.92 Å². The summed E-state index contributed by atoms with van der Waals surface area (Å²) in [6, 6.07) is 18.7. The second-order valence-electron chi connectivity index (χ2n) is 6.86. The summed E-state index contributed by atoms with van der Waals surface area (Å²) >= 11 is 0. The second-order valence-corrected chi connectivity index (χ2v) is 6.86. The molecular weight excluding hydrogens is 382 g/mol. The summed E-state index contributed by atoms with van der Waals surface area (Å²) in [7, 11) is 0. The van der Waals surface area contributed by atoms with Crippen molar-refractivity contribution >= 4 is 23.2 Å². The summed E-state index contributed by atoms with van der Waals surface area (Å²) in [6.07, 6.45) is 2.43. The van der Waals surface area contributed by atoms with Crippen LogP contribution >= 0.6 is 0 Å². The summed E-state index contributed by atoms with van der Waals surface area (Å²) in [5, 5.41) is 22.1. The van der Waals surface area contributed by atoms with E-state index in [0.29, 0.717) is 30.9 Å². The van der Waals surface area contributed by atoms with Crippen molar-refractivity contribution < 1.29 is 19.8 Å². The molecule has 7 heteroatoms. The molecule has 0 unspecified atom stereocenters. The van der Waals surface area contributed by atoms with Gasteiger partial charge in [-0.3, -0.25) is 9.59 Å². The van der Waals surface area contributed by atoms with Crippen molar-refractivity contribution in [1.82, 2.24) is 5.32 Å². The first-order valence-corrected chi connectivity index (χ1v) is 10.4. The minimum Gasteiger partial charge on any atom is -0.395 e. The maximum atomic E-state index is 12.9. The van der Waals surface area contributed by atoms with Crippen LogP contribution in [0.25, 0.3) is 0 Å². The topological polar surface area (TPSA) is 93.1 Å². The molecule has 0 bridgehead atoms. The summed E-state index contributed by atoms with van der Waals surface area (Å²) in [4.78, 5) is 25.7. The fraction of sp³-hybridized carbons (Fsp3) is 0.391. The Balaban J connectivity index is 0.000000396. The monoisotopic (exact) mass is 413 g/mol. The van der Waals surface area contributed by atoms with Gasteiger partial charge in [-0.25, -0.2) is 10.0 Å². The molecule has 3 N–H and O–H groups in total. The van der Waals surface area contributed by atoms with Crippen LogP contribution in [-0.2, 0) is 9.59 Å². The minimum absolute atomic E-state index is 0.139. The molecule has 0 radical (unpaired) electrons. The van der Waals surface area contributed by atoms with E-state index in [1.165, 1.54) is 10.0 Å². The molecule has 0 saturated carbocycles. The standard InChI is InChI=1S/C19H20N2O2.C4H11NO2/c1-2-3-14-17-18(22)20(15-10-6-4-7-11-15)21(19(17)23)16-12-8-5-9-13-16;6-3-1-5-2-4-7/h4-13,17H,2-3,14H2,1H3;5-7H,1-4H2. The van der Waals surface area contributed by atoms with Crippen LogP contribution in [-0.4, -0.2) is 48.3 Å². The number of hydrazine groups is 1. The molecule has 1 aliphatic heterocycles. The number of rotatable bonds is 9. The Bertz CT molecular complexity index is 709. The number of hydrogen-bond acceptors (Lipinski definition) is 5. The van der Waals surface area contributed by atoms with Crippen LogP contribution in [0.1, 0.15) is 26.2 Å². The molecule has 30 heavy (non-hydrogen) atoms. The van der Waals surface area contributed by atoms with Crippen molar-refractivity contribution in [3.63, 3.8) is 0 Å². The van der Waals surface area contributed by atoms with Crippen LogP contribution in [0.5, 0.6) is 0 Å². The average Bonchev–Trinajstić information content (AvgIpc) is 3.04. The highest BCUT2D eigenvalue weighted by atomic mass is 16.3. The van der Waals surface area contributed by atoms with Crippen LogP contribution in [0.3, 0.4) is 0 Å². The van der Waals surface area contributed by atoms with Crippen molar-refractivity contribution in [1.29, 1.82) is 0 Å². The van der Waals surface area contributed by atoms with Gasteiger partial charge in [0.05, 0.1) is 24.6 Å². The lowest BCUT2D eigenvalue weighted by molar-refractivity contribution is -0.127. The predicted molar refractivity (Wildman–Crippen MR) is 118 cm³/mol. The summed E-state index contributed by atoms with van der Waals surface area (Å²) in [6.45, 7) is 3.48. The van der Waals surface area contributed by atoms with E-state index in [1.54, 1.807) is 0 Å². The molecule has 1 fully saturated rings. The molecule has 3 rings (SSSR count). The van der Waals surface area contributed by atoms with Crippen molar-refractivity contribution in [2.75, 3.05) is 36.3 Å². The number of anilines is 2. The van der Waals surface area contributed by atoms with Crippen molar-refractivity contribution in [3.05, 3.63) is 60.7 Å². The largest absolute Gasteiger partial charge is 0.395 e. The van der Waals surface area contributed by atoms with E-state index in [-0.39, 0.29) is 25.0 Å². The van der Waals surface area contributed by atoms with E-state index < -0.39 is 5.92 Å². The lowest BCUT2D eigenvalue weighted by Crippen LogP contribution is -2.41. The number of carbonyl (C=O) groups excluding carboxylic acids is 2.